The maximum atomic E-state index is 15.6. The molecule has 6 rings (SSSR count). The standard InChI is InChI=1S/6C8H3F6.Sb/c6*9-7(10,11)5-2-1-3-6(4-5)8(12,13)14;/h6*2-4H;/q;;;;;;-1. The fourth-order valence-electron chi connectivity index (χ4n) is 9.80. The predicted molar refractivity (Wildman–Crippen MR) is 222 cm³/mol. The van der Waals surface area contributed by atoms with Crippen LogP contribution in [0.2, 0.25) is 0 Å². The summed E-state index contributed by atoms with van der Waals surface area (Å²) in [6.07, 6.45) is -84.4. The van der Waals surface area contributed by atoms with Gasteiger partial charge in [-0.25, -0.2) is 0 Å². The van der Waals surface area contributed by atoms with Gasteiger partial charge in [0.05, 0.1) is 0 Å². The predicted octanol–water partition coefficient (Wildman–Crippen LogP) is 17.0. The van der Waals surface area contributed by atoms with E-state index < -0.39 is 287 Å². The van der Waals surface area contributed by atoms with Crippen molar-refractivity contribution in [1.29, 1.82) is 0 Å². The SMILES string of the molecule is FC(F)(F)c1cc(C(F)(F)F)c[c]([Sb-]([c]2cc(C(F)(F)F)cc(C(F)(F)F)c2)([c]2cc(C(F)(F)F)cc(C(F)(F)F)c2)([c]2cc(C(F)(F)F)cc(C(F)(F)F)c2)([c]2cc(C(F)(F)F)cc(C(F)(F)F)c2)[c]2cc(C(F)(F)F)cc(C(F)(F)F)c2)c1. The minimum atomic E-state index is -13.6. The van der Waals surface area contributed by atoms with Crippen LogP contribution in [0.15, 0.2) is 109 Å². The van der Waals surface area contributed by atoms with Gasteiger partial charge in [-0.1, -0.05) is 0 Å². The molecule has 0 aromatic heterocycles. The molecule has 37 heteroatoms. The molecule has 0 fully saturated rings. The molecule has 6 aromatic rings. The van der Waals surface area contributed by atoms with Crippen LogP contribution in [0.4, 0.5) is 158 Å². The minimum absolute atomic E-state index is 1.44. The zero-order valence-corrected chi connectivity index (χ0v) is 42.0. The summed E-state index contributed by atoms with van der Waals surface area (Å²) in [5.74, 6) is 0. The Morgan fingerprint density at radius 3 is 0.259 bits per heavy atom. The Hall–Kier alpha value is -6.38. The van der Waals surface area contributed by atoms with Gasteiger partial charge < -0.3 is 0 Å². The molecule has 0 N–H and O–H groups in total. The van der Waals surface area contributed by atoms with Gasteiger partial charge in [0.25, 0.3) is 0 Å². The summed E-state index contributed by atoms with van der Waals surface area (Å²) in [7, 11) is 0. The second-order valence-electron chi connectivity index (χ2n) is 18.3. The van der Waals surface area contributed by atoms with E-state index >= 15 is 158 Å². The molecule has 85 heavy (non-hydrogen) atoms. The van der Waals surface area contributed by atoms with Crippen LogP contribution in [0.25, 0.3) is 0 Å². The van der Waals surface area contributed by atoms with Crippen molar-refractivity contribution in [2.24, 2.45) is 0 Å². The Morgan fingerprint density at radius 1 is 0.129 bits per heavy atom. The third-order valence-corrected chi connectivity index (χ3v) is 39.8. The normalized spacial score (nSPS) is 15.2. The summed E-state index contributed by atoms with van der Waals surface area (Å²) >= 11 is -13.6. The van der Waals surface area contributed by atoms with Crippen molar-refractivity contribution < 1.29 is 158 Å². The summed E-state index contributed by atoms with van der Waals surface area (Å²) in [5.41, 5.74) is -42.9. The Morgan fingerprint density at radius 2 is 0.200 bits per heavy atom. The van der Waals surface area contributed by atoms with Crippen LogP contribution < -0.4 is 21.1 Å². The number of hydrogen-bond donors (Lipinski definition) is 0. The van der Waals surface area contributed by atoms with Crippen LogP contribution in [0.3, 0.4) is 0 Å². The molecule has 0 spiro atoms. The van der Waals surface area contributed by atoms with Gasteiger partial charge in [-0.05, 0) is 0 Å². The van der Waals surface area contributed by atoms with Crippen molar-refractivity contribution in [3.63, 3.8) is 0 Å². The van der Waals surface area contributed by atoms with E-state index in [-0.39, 0.29) is 0 Å². The van der Waals surface area contributed by atoms with Crippen molar-refractivity contribution in [3.8, 4) is 0 Å². The molecule has 0 aliphatic rings. The molecule has 0 aliphatic heterocycles. The van der Waals surface area contributed by atoms with Gasteiger partial charge in [-0.2, -0.15) is 0 Å². The fraction of sp³-hybridized carbons (Fsp3) is 0.250. The first kappa shape index (κ1) is 67.7. The van der Waals surface area contributed by atoms with E-state index in [1.54, 1.807) is 0 Å². The van der Waals surface area contributed by atoms with Crippen molar-refractivity contribution in [1.82, 2.24) is 0 Å². The molecular weight excluding hydrogens is 1380 g/mol. The summed E-state index contributed by atoms with van der Waals surface area (Å²) in [6, 6.07) is -27.8. The molecular formula is C48H18F36Sb-. The van der Waals surface area contributed by atoms with Gasteiger partial charge in [0.2, 0.25) is 0 Å². The Bertz CT molecular complexity index is 2760. The fourth-order valence-corrected chi connectivity index (χ4v) is 38.4. The molecule has 0 saturated heterocycles. The van der Waals surface area contributed by atoms with Gasteiger partial charge in [0.1, 0.15) is 0 Å². The summed E-state index contributed by atoms with van der Waals surface area (Å²) in [4.78, 5) is 0. The van der Waals surface area contributed by atoms with Gasteiger partial charge in [0.15, 0.2) is 0 Å². The molecule has 0 atom stereocenters. The first-order valence-electron chi connectivity index (χ1n) is 21.5. The van der Waals surface area contributed by atoms with E-state index in [1.807, 2.05) is 0 Å². The second kappa shape index (κ2) is 19.6. The van der Waals surface area contributed by atoms with Crippen molar-refractivity contribution in [2.45, 2.75) is 74.1 Å². The number of rotatable bonds is 6. The van der Waals surface area contributed by atoms with Crippen molar-refractivity contribution in [3.05, 3.63) is 176 Å². The van der Waals surface area contributed by atoms with Crippen LogP contribution in [-0.4, -0.2) is 16.0 Å². The molecule has 0 heterocycles. The Kier molecular flexibility index (Phi) is 15.6. The van der Waals surface area contributed by atoms with E-state index in [1.165, 1.54) is 0 Å². The van der Waals surface area contributed by atoms with E-state index in [9.17, 15) is 0 Å². The molecule has 6 aromatic carbocycles. The molecule has 0 aliphatic carbocycles. The molecule has 0 unspecified atom stereocenters. The molecule has 468 valence electrons. The summed E-state index contributed by atoms with van der Waals surface area (Å²) < 4.78 is 538. The maximum absolute atomic E-state index is 15.6. The van der Waals surface area contributed by atoms with Crippen molar-refractivity contribution in [2.75, 3.05) is 0 Å². The third-order valence-electron chi connectivity index (χ3n) is 13.3. The van der Waals surface area contributed by atoms with E-state index in [2.05, 4.69) is 0 Å². The number of benzene rings is 6. The monoisotopic (exact) mass is 1400 g/mol. The van der Waals surface area contributed by atoms with E-state index in [0.29, 0.717) is 0 Å². The van der Waals surface area contributed by atoms with Crippen LogP contribution in [0, 0.1) is 0 Å². The third kappa shape index (κ3) is 11.4. The molecule has 0 nitrogen and oxygen atoms in total. The average Bonchev–Trinajstić information content (AvgIpc) is 0.614. The van der Waals surface area contributed by atoms with Crippen LogP contribution in [0.1, 0.15) is 66.8 Å². The van der Waals surface area contributed by atoms with E-state index in [0.717, 1.165) is 0 Å². The first-order chi connectivity index (χ1) is 37.6. The molecule has 0 radical (unpaired) electrons. The van der Waals surface area contributed by atoms with Crippen molar-refractivity contribution >= 4 is 37.1 Å². The van der Waals surface area contributed by atoms with E-state index in [4.69, 9.17) is 0 Å². The quantitative estimate of drug-likeness (QED) is 0.115. The molecule has 0 amide bonds. The zero-order chi connectivity index (χ0) is 65.5. The Labute approximate surface area is 444 Å². The summed E-state index contributed by atoms with van der Waals surface area (Å²) in [6.45, 7) is 0. The topological polar surface area (TPSA) is 0 Å². The van der Waals surface area contributed by atoms with Gasteiger partial charge in [-0.3, -0.25) is 0 Å². The first-order valence-corrected chi connectivity index (χ1v) is 29.2. The summed E-state index contributed by atoms with van der Waals surface area (Å²) in [5, 5.41) is 0. The van der Waals surface area contributed by atoms with Gasteiger partial charge in [-0.15, -0.1) is 0 Å². The number of hydrogen-bond acceptors (Lipinski definition) is 0. The van der Waals surface area contributed by atoms with Crippen LogP contribution in [-0.2, 0) is 74.1 Å². The average molecular weight is 1400 g/mol. The molecule has 0 bridgehead atoms. The van der Waals surface area contributed by atoms with Gasteiger partial charge >= 0.3 is 445 Å². The molecule has 0 saturated carbocycles. The van der Waals surface area contributed by atoms with Gasteiger partial charge in [0, 0.05) is 0 Å². The second-order valence-corrected chi connectivity index (χ2v) is 36.7. The number of alkyl halides is 36. The van der Waals surface area contributed by atoms with Crippen LogP contribution in [0.5, 0.6) is 0 Å². The zero-order valence-electron chi connectivity index (χ0n) is 39.4. The van der Waals surface area contributed by atoms with Crippen LogP contribution >= 0.6 is 0 Å². The Balaban J connectivity index is 2.66. The number of halogens is 36.